The molecule has 0 aromatic heterocycles. The molecule has 0 bridgehead atoms. The third-order valence-corrected chi connectivity index (χ3v) is 5.87. The fourth-order valence-corrected chi connectivity index (χ4v) is 4.06. The van der Waals surface area contributed by atoms with Crippen LogP contribution in [0.2, 0.25) is 0 Å². The molecule has 1 N–H and O–H groups in total. The third-order valence-electron chi connectivity index (χ3n) is 3.95. The van der Waals surface area contributed by atoms with E-state index in [4.69, 9.17) is 0 Å². The quantitative estimate of drug-likeness (QED) is 0.730. The van der Waals surface area contributed by atoms with Gasteiger partial charge in [0.25, 0.3) is 0 Å². The summed E-state index contributed by atoms with van der Waals surface area (Å²) < 4.78 is 26.2. The molecule has 1 aliphatic rings. The van der Waals surface area contributed by atoms with Gasteiger partial charge in [-0.05, 0) is 43.7 Å². The van der Waals surface area contributed by atoms with E-state index in [1.807, 2.05) is 0 Å². The topological polar surface area (TPSA) is 49.4 Å². The van der Waals surface area contributed by atoms with Gasteiger partial charge in [0, 0.05) is 13.1 Å². The van der Waals surface area contributed by atoms with E-state index in [9.17, 15) is 8.42 Å². The Labute approximate surface area is 119 Å². The summed E-state index contributed by atoms with van der Waals surface area (Å²) in [7, 11) is -3.05. The van der Waals surface area contributed by atoms with Crippen molar-refractivity contribution in [2.24, 2.45) is 11.3 Å². The number of rotatable bonds is 7. The molecular weight excluding hydrogens is 260 g/mol. The van der Waals surface area contributed by atoms with E-state index in [2.05, 4.69) is 33.0 Å². The van der Waals surface area contributed by atoms with Crippen LogP contribution in [0, 0.1) is 11.3 Å². The zero-order chi connectivity index (χ0) is 14.5. The van der Waals surface area contributed by atoms with Gasteiger partial charge in [0.05, 0.1) is 5.75 Å². The van der Waals surface area contributed by atoms with Crippen molar-refractivity contribution in [3.63, 3.8) is 0 Å². The Morgan fingerprint density at radius 3 is 2.47 bits per heavy atom. The molecule has 0 saturated carbocycles. The van der Waals surface area contributed by atoms with Gasteiger partial charge in [0.2, 0.25) is 10.0 Å². The Balaban J connectivity index is 2.38. The first-order chi connectivity index (χ1) is 8.77. The van der Waals surface area contributed by atoms with Crippen LogP contribution >= 0.6 is 0 Å². The van der Waals surface area contributed by atoms with E-state index >= 15 is 0 Å². The summed E-state index contributed by atoms with van der Waals surface area (Å²) in [5.74, 6) is 0.765. The van der Waals surface area contributed by atoms with Crippen molar-refractivity contribution in [2.75, 3.05) is 31.9 Å². The van der Waals surface area contributed by atoms with Crippen molar-refractivity contribution in [1.29, 1.82) is 0 Å². The lowest BCUT2D eigenvalue weighted by Gasteiger charge is -2.26. The molecule has 1 aliphatic heterocycles. The van der Waals surface area contributed by atoms with Gasteiger partial charge in [-0.1, -0.05) is 27.7 Å². The maximum Gasteiger partial charge on any atom is 0.214 e. The van der Waals surface area contributed by atoms with Crippen LogP contribution in [0.15, 0.2) is 0 Å². The van der Waals surface area contributed by atoms with Crippen LogP contribution in [-0.4, -0.2) is 44.7 Å². The zero-order valence-corrected chi connectivity index (χ0v) is 13.7. The van der Waals surface area contributed by atoms with Crippen LogP contribution in [0.3, 0.4) is 0 Å². The summed E-state index contributed by atoms with van der Waals surface area (Å²) in [6, 6.07) is 0. The Hall–Kier alpha value is -0.130. The van der Waals surface area contributed by atoms with Gasteiger partial charge in [-0.2, -0.15) is 0 Å². The molecular formula is C14H30N2O2S. The van der Waals surface area contributed by atoms with E-state index in [0.717, 1.165) is 25.9 Å². The summed E-state index contributed by atoms with van der Waals surface area (Å²) in [6.45, 7) is 11.9. The van der Waals surface area contributed by atoms with E-state index < -0.39 is 10.0 Å². The van der Waals surface area contributed by atoms with Crippen molar-refractivity contribution in [2.45, 2.75) is 47.0 Å². The van der Waals surface area contributed by atoms with E-state index in [1.54, 1.807) is 4.31 Å². The summed E-state index contributed by atoms with van der Waals surface area (Å²) in [4.78, 5) is 0. The Bertz CT molecular complexity index is 360. The number of nitrogens with one attached hydrogen (secondary N) is 1. The molecule has 1 heterocycles. The first-order valence-electron chi connectivity index (χ1n) is 7.46. The van der Waals surface area contributed by atoms with E-state index in [0.29, 0.717) is 25.4 Å². The van der Waals surface area contributed by atoms with Crippen LogP contribution in [0.4, 0.5) is 0 Å². The summed E-state index contributed by atoms with van der Waals surface area (Å²) >= 11 is 0. The van der Waals surface area contributed by atoms with Crippen molar-refractivity contribution in [3.8, 4) is 0 Å². The van der Waals surface area contributed by atoms with Gasteiger partial charge in [-0.3, -0.25) is 0 Å². The predicted octanol–water partition coefficient (Wildman–Crippen LogP) is 2.07. The number of nitrogens with zero attached hydrogens (tertiary/aromatic N) is 1. The maximum absolute atomic E-state index is 12.2. The van der Waals surface area contributed by atoms with Crippen LogP contribution in [-0.2, 0) is 10.0 Å². The van der Waals surface area contributed by atoms with Gasteiger partial charge >= 0.3 is 0 Å². The lowest BCUT2D eigenvalue weighted by molar-refractivity contribution is 0.252. The molecule has 1 atom stereocenters. The second-order valence-electron chi connectivity index (χ2n) is 6.63. The molecule has 114 valence electrons. The minimum absolute atomic E-state index is 0.201. The van der Waals surface area contributed by atoms with Crippen molar-refractivity contribution < 1.29 is 8.42 Å². The molecule has 1 rings (SSSR count). The van der Waals surface area contributed by atoms with Crippen LogP contribution in [0.25, 0.3) is 0 Å². The molecule has 0 amide bonds. The van der Waals surface area contributed by atoms with Gasteiger partial charge in [-0.15, -0.1) is 0 Å². The highest BCUT2D eigenvalue weighted by molar-refractivity contribution is 7.89. The van der Waals surface area contributed by atoms with Crippen LogP contribution < -0.4 is 5.32 Å². The minimum atomic E-state index is -3.05. The standard InChI is InChI=1S/C14H30N2O2S/c1-5-8-15-9-6-11-19(17,18)16-10-7-13(12-16)14(2,3)4/h13,15H,5-12H2,1-4H3. The van der Waals surface area contributed by atoms with Gasteiger partial charge in [0.1, 0.15) is 0 Å². The second kappa shape index (κ2) is 7.04. The monoisotopic (exact) mass is 290 g/mol. The SMILES string of the molecule is CCCNCCCS(=O)(=O)N1CCC(C(C)(C)C)C1. The fourth-order valence-electron chi connectivity index (χ4n) is 2.50. The maximum atomic E-state index is 12.2. The first kappa shape index (κ1) is 16.9. The largest absolute Gasteiger partial charge is 0.317 e. The number of hydrogen-bond donors (Lipinski definition) is 1. The zero-order valence-electron chi connectivity index (χ0n) is 12.9. The highest BCUT2D eigenvalue weighted by atomic mass is 32.2. The normalized spacial score (nSPS) is 22.0. The molecule has 0 spiro atoms. The lowest BCUT2D eigenvalue weighted by Crippen LogP contribution is -2.33. The van der Waals surface area contributed by atoms with Gasteiger partial charge in [0.15, 0.2) is 0 Å². The molecule has 0 aromatic carbocycles. The third kappa shape index (κ3) is 5.40. The summed E-state index contributed by atoms with van der Waals surface area (Å²) in [6.07, 6.45) is 2.79. The molecule has 19 heavy (non-hydrogen) atoms. The lowest BCUT2D eigenvalue weighted by atomic mass is 9.80. The predicted molar refractivity (Wildman–Crippen MR) is 80.7 cm³/mol. The molecule has 1 saturated heterocycles. The number of hydrogen-bond acceptors (Lipinski definition) is 3. The average molecular weight is 290 g/mol. The molecule has 1 fully saturated rings. The molecule has 0 radical (unpaired) electrons. The van der Waals surface area contributed by atoms with Crippen LogP contribution in [0.1, 0.15) is 47.0 Å². The summed E-state index contributed by atoms with van der Waals surface area (Å²) in [5, 5.41) is 3.25. The highest BCUT2D eigenvalue weighted by Gasteiger charge is 2.36. The Morgan fingerprint density at radius 1 is 1.26 bits per heavy atom. The van der Waals surface area contributed by atoms with E-state index in [1.165, 1.54) is 0 Å². The highest BCUT2D eigenvalue weighted by Crippen LogP contribution is 2.34. The van der Waals surface area contributed by atoms with Crippen LogP contribution in [0.5, 0.6) is 0 Å². The molecule has 0 aliphatic carbocycles. The van der Waals surface area contributed by atoms with Crippen molar-refractivity contribution in [1.82, 2.24) is 9.62 Å². The molecule has 5 heteroatoms. The average Bonchev–Trinajstić information content (AvgIpc) is 2.78. The van der Waals surface area contributed by atoms with Crippen molar-refractivity contribution in [3.05, 3.63) is 0 Å². The fraction of sp³-hybridized carbons (Fsp3) is 1.00. The number of sulfonamides is 1. The second-order valence-corrected chi connectivity index (χ2v) is 8.72. The van der Waals surface area contributed by atoms with Gasteiger partial charge in [-0.25, -0.2) is 12.7 Å². The van der Waals surface area contributed by atoms with E-state index in [-0.39, 0.29) is 11.2 Å². The Kier molecular flexibility index (Phi) is 6.27. The first-order valence-corrected chi connectivity index (χ1v) is 9.07. The molecule has 4 nitrogen and oxygen atoms in total. The minimum Gasteiger partial charge on any atom is -0.317 e. The van der Waals surface area contributed by atoms with Gasteiger partial charge < -0.3 is 5.32 Å². The Morgan fingerprint density at radius 2 is 1.95 bits per heavy atom. The smallest absolute Gasteiger partial charge is 0.214 e. The molecule has 0 aromatic rings. The van der Waals surface area contributed by atoms with Crippen molar-refractivity contribution >= 4 is 10.0 Å². The summed E-state index contributed by atoms with van der Waals surface area (Å²) in [5.41, 5.74) is 0.201. The molecule has 1 unspecified atom stereocenters.